The summed E-state index contributed by atoms with van der Waals surface area (Å²) in [5.74, 6) is 1.52. The van der Waals surface area contributed by atoms with Gasteiger partial charge in [0.1, 0.15) is 12.1 Å². The zero-order valence-corrected chi connectivity index (χ0v) is 13.2. The number of amides is 1. The Kier molecular flexibility index (Phi) is 4.57. The van der Waals surface area contributed by atoms with Crippen LogP contribution in [0.5, 0.6) is 0 Å². The summed E-state index contributed by atoms with van der Waals surface area (Å²) in [6.45, 7) is 3.10. The Balaban J connectivity index is 1.49. The van der Waals surface area contributed by atoms with Gasteiger partial charge in [-0.05, 0) is 12.1 Å². The molecule has 0 N–H and O–H groups in total. The van der Waals surface area contributed by atoms with Crippen molar-refractivity contribution in [2.75, 3.05) is 36.8 Å². The van der Waals surface area contributed by atoms with Crippen LogP contribution in [0.3, 0.4) is 0 Å². The van der Waals surface area contributed by atoms with Crippen molar-refractivity contribution in [3.63, 3.8) is 0 Å². The highest BCUT2D eigenvalue weighted by Gasteiger charge is 2.22. The van der Waals surface area contributed by atoms with Crippen LogP contribution >= 0.6 is 11.8 Å². The van der Waals surface area contributed by atoms with Crippen molar-refractivity contribution < 1.29 is 4.79 Å². The second kappa shape index (κ2) is 6.78. The van der Waals surface area contributed by atoms with Crippen LogP contribution in [0.1, 0.15) is 0 Å². The fraction of sp³-hybridized carbons (Fsp3) is 0.429. The van der Waals surface area contributed by atoms with Crippen molar-refractivity contribution in [2.24, 2.45) is 7.05 Å². The molecule has 116 valence electrons. The first-order chi connectivity index (χ1) is 10.7. The standard InChI is InChI=1S/C14H18N6OS/c1-18-11-16-17-14(18)22-10-13(21)20-8-6-19(7-9-20)12-4-2-3-5-15-12/h2-5,11H,6-10H2,1H3. The normalized spacial score (nSPS) is 15.1. The smallest absolute Gasteiger partial charge is 0.233 e. The maximum absolute atomic E-state index is 12.3. The summed E-state index contributed by atoms with van der Waals surface area (Å²) in [7, 11) is 1.87. The largest absolute Gasteiger partial charge is 0.353 e. The Labute approximate surface area is 133 Å². The first kappa shape index (κ1) is 14.8. The van der Waals surface area contributed by atoms with E-state index in [0.29, 0.717) is 5.75 Å². The molecule has 0 unspecified atom stereocenters. The van der Waals surface area contributed by atoms with Crippen LogP contribution in [-0.2, 0) is 11.8 Å². The number of hydrogen-bond acceptors (Lipinski definition) is 6. The zero-order chi connectivity index (χ0) is 15.4. The lowest BCUT2D eigenvalue weighted by Gasteiger charge is -2.35. The highest BCUT2D eigenvalue weighted by Crippen LogP contribution is 2.16. The van der Waals surface area contributed by atoms with E-state index in [-0.39, 0.29) is 5.91 Å². The number of piperazine rings is 1. The fourth-order valence-electron chi connectivity index (χ4n) is 2.35. The molecule has 1 amide bonds. The third-order valence-corrected chi connectivity index (χ3v) is 4.62. The second-order valence-electron chi connectivity index (χ2n) is 5.07. The van der Waals surface area contributed by atoms with Gasteiger partial charge in [-0.25, -0.2) is 4.98 Å². The number of carbonyl (C=O) groups excluding carboxylic acids is 1. The van der Waals surface area contributed by atoms with Crippen LogP contribution in [0.15, 0.2) is 35.9 Å². The molecule has 2 aromatic rings. The van der Waals surface area contributed by atoms with Crippen molar-refractivity contribution in [2.45, 2.75) is 5.16 Å². The molecule has 1 fully saturated rings. The molecule has 1 saturated heterocycles. The summed E-state index contributed by atoms with van der Waals surface area (Å²) in [6, 6.07) is 5.89. The third-order valence-electron chi connectivity index (χ3n) is 3.60. The number of anilines is 1. The van der Waals surface area contributed by atoms with Gasteiger partial charge in [-0.2, -0.15) is 0 Å². The fourth-order valence-corrected chi connectivity index (χ4v) is 3.14. The second-order valence-corrected chi connectivity index (χ2v) is 6.01. The van der Waals surface area contributed by atoms with Gasteiger partial charge in [-0.1, -0.05) is 17.8 Å². The van der Waals surface area contributed by atoms with E-state index >= 15 is 0 Å². The minimum Gasteiger partial charge on any atom is -0.353 e. The maximum Gasteiger partial charge on any atom is 0.233 e. The van der Waals surface area contributed by atoms with Crippen LogP contribution in [0.4, 0.5) is 5.82 Å². The van der Waals surface area contributed by atoms with Gasteiger partial charge in [-0.15, -0.1) is 10.2 Å². The van der Waals surface area contributed by atoms with Crippen LogP contribution in [0.2, 0.25) is 0 Å². The molecule has 0 radical (unpaired) electrons. The summed E-state index contributed by atoms with van der Waals surface area (Å²) in [6.07, 6.45) is 3.43. The minimum atomic E-state index is 0.147. The lowest BCUT2D eigenvalue weighted by Crippen LogP contribution is -2.49. The maximum atomic E-state index is 12.3. The van der Waals surface area contributed by atoms with Gasteiger partial charge in [-0.3, -0.25) is 4.79 Å². The first-order valence-electron chi connectivity index (χ1n) is 7.14. The average Bonchev–Trinajstić information content (AvgIpc) is 2.99. The molecule has 1 aliphatic rings. The van der Waals surface area contributed by atoms with Crippen molar-refractivity contribution in [3.8, 4) is 0 Å². The Morgan fingerprint density at radius 2 is 2.09 bits per heavy atom. The lowest BCUT2D eigenvalue weighted by molar-refractivity contribution is -0.128. The molecule has 7 nitrogen and oxygen atoms in total. The van der Waals surface area contributed by atoms with E-state index in [1.807, 2.05) is 34.7 Å². The Bertz CT molecular complexity index is 623. The molecule has 0 aliphatic carbocycles. The van der Waals surface area contributed by atoms with Crippen molar-refractivity contribution in [3.05, 3.63) is 30.7 Å². The molecule has 0 aromatic carbocycles. The quantitative estimate of drug-likeness (QED) is 0.771. The molecule has 8 heteroatoms. The molecule has 1 aliphatic heterocycles. The van der Waals surface area contributed by atoms with Gasteiger partial charge in [0.05, 0.1) is 5.75 Å². The van der Waals surface area contributed by atoms with E-state index in [0.717, 1.165) is 37.2 Å². The number of hydrogen-bond donors (Lipinski definition) is 0. The SMILES string of the molecule is Cn1cnnc1SCC(=O)N1CCN(c2ccccn2)CC1. The average molecular weight is 318 g/mol. The molecular weight excluding hydrogens is 300 g/mol. The third kappa shape index (κ3) is 3.38. The molecule has 0 saturated carbocycles. The molecule has 0 bridgehead atoms. The molecule has 3 rings (SSSR count). The summed E-state index contributed by atoms with van der Waals surface area (Å²) in [4.78, 5) is 20.7. The Morgan fingerprint density at radius 1 is 1.27 bits per heavy atom. The van der Waals surface area contributed by atoms with Gasteiger partial charge in [0.15, 0.2) is 5.16 Å². The number of rotatable bonds is 4. The number of aryl methyl sites for hydroxylation is 1. The van der Waals surface area contributed by atoms with E-state index in [4.69, 9.17) is 0 Å². The van der Waals surface area contributed by atoms with Gasteiger partial charge < -0.3 is 14.4 Å². The lowest BCUT2D eigenvalue weighted by atomic mass is 10.3. The van der Waals surface area contributed by atoms with E-state index in [2.05, 4.69) is 20.1 Å². The number of thioether (sulfide) groups is 1. The van der Waals surface area contributed by atoms with E-state index in [1.54, 1.807) is 12.5 Å². The molecule has 2 aromatic heterocycles. The number of aromatic nitrogens is 4. The van der Waals surface area contributed by atoms with Gasteiger partial charge in [0.2, 0.25) is 5.91 Å². The monoisotopic (exact) mass is 318 g/mol. The van der Waals surface area contributed by atoms with Crippen molar-refractivity contribution >= 4 is 23.5 Å². The zero-order valence-electron chi connectivity index (χ0n) is 12.4. The Hall–Kier alpha value is -2.09. The van der Waals surface area contributed by atoms with E-state index in [1.165, 1.54) is 11.8 Å². The predicted octanol–water partition coefficient (Wildman–Crippen LogP) is 0.651. The highest BCUT2D eigenvalue weighted by molar-refractivity contribution is 7.99. The van der Waals surface area contributed by atoms with Crippen LogP contribution in [0, 0.1) is 0 Å². The van der Waals surface area contributed by atoms with Crippen LogP contribution < -0.4 is 4.90 Å². The van der Waals surface area contributed by atoms with Gasteiger partial charge >= 0.3 is 0 Å². The van der Waals surface area contributed by atoms with E-state index in [9.17, 15) is 4.79 Å². The molecule has 22 heavy (non-hydrogen) atoms. The minimum absolute atomic E-state index is 0.147. The van der Waals surface area contributed by atoms with Gasteiger partial charge in [0, 0.05) is 39.4 Å². The highest BCUT2D eigenvalue weighted by atomic mass is 32.2. The summed E-state index contributed by atoms with van der Waals surface area (Å²) in [5.41, 5.74) is 0. The summed E-state index contributed by atoms with van der Waals surface area (Å²) >= 11 is 1.42. The van der Waals surface area contributed by atoms with Gasteiger partial charge in [0.25, 0.3) is 0 Å². The van der Waals surface area contributed by atoms with E-state index < -0.39 is 0 Å². The number of pyridine rings is 1. The molecule has 0 spiro atoms. The molecule has 0 atom stereocenters. The Morgan fingerprint density at radius 3 is 2.73 bits per heavy atom. The van der Waals surface area contributed by atoms with Crippen molar-refractivity contribution in [1.82, 2.24) is 24.6 Å². The molecule has 3 heterocycles. The topological polar surface area (TPSA) is 67.2 Å². The summed E-state index contributed by atoms with van der Waals surface area (Å²) in [5, 5.41) is 8.55. The van der Waals surface area contributed by atoms with Crippen LogP contribution in [0.25, 0.3) is 0 Å². The first-order valence-corrected chi connectivity index (χ1v) is 8.13. The van der Waals surface area contributed by atoms with Crippen molar-refractivity contribution in [1.29, 1.82) is 0 Å². The number of nitrogens with zero attached hydrogens (tertiary/aromatic N) is 6. The summed E-state index contributed by atoms with van der Waals surface area (Å²) < 4.78 is 1.82. The van der Waals surface area contributed by atoms with Crippen LogP contribution in [-0.4, -0.2) is 62.5 Å². The molecular formula is C14H18N6OS. The number of carbonyl (C=O) groups is 1. The predicted molar refractivity (Wildman–Crippen MR) is 84.8 cm³/mol.